The predicted octanol–water partition coefficient (Wildman–Crippen LogP) is 3.32. The number of phenolic OH excluding ortho intramolecular Hbond substituents is 1. The second kappa shape index (κ2) is 5.00. The molecule has 1 fully saturated rings. The largest absolute Gasteiger partial charge is 0.508 e. The first-order valence-electron chi connectivity index (χ1n) is 5.81. The molecule has 3 heteroatoms. The van der Waals surface area contributed by atoms with Gasteiger partial charge in [-0.15, -0.1) is 0 Å². The van der Waals surface area contributed by atoms with Gasteiger partial charge < -0.3 is 10.4 Å². The maximum atomic E-state index is 9.60. The minimum Gasteiger partial charge on any atom is -0.508 e. The van der Waals surface area contributed by atoms with Crippen LogP contribution in [0.3, 0.4) is 0 Å². The van der Waals surface area contributed by atoms with Gasteiger partial charge in [-0.1, -0.05) is 0 Å². The van der Waals surface area contributed by atoms with Gasteiger partial charge in [0.15, 0.2) is 0 Å². The van der Waals surface area contributed by atoms with Gasteiger partial charge in [0, 0.05) is 17.5 Å². The minimum atomic E-state index is 0.390. The molecule has 0 amide bonds. The molecule has 1 atom stereocenters. The van der Waals surface area contributed by atoms with E-state index >= 15 is 0 Å². The van der Waals surface area contributed by atoms with Crippen LogP contribution in [0.5, 0.6) is 5.75 Å². The number of aryl methyl sites for hydroxylation is 2. The number of anilines is 1. The molecule has 0 bridgehead atoms. The molecule has 1 aromatic rings. The second-order valence-electron chi connectivity index (χ2n) is 4.51. The molecular weight excluding hydrogens is 218 g/mol. The predicted molar refractivity (Wildman–Crippen MR) is 71.6 cm³/mol. The molecule has 1 aliphatic rings. The van der Waals surface area contributed by atoms with E-state index in [1.165, 1.54) is 30.0 Å². The van der Waals surface area contributed by atoms with Crippen molar-refractivity contribution in [1.82, 2.24) is 0 Å². The lowest BCUT2D eigenvalue weighted by atomic mass is 10.1. The number of rotatable bonds is 2. The summed E-state index contributed by atoms with van der Waals surface area (Å²) in [6.45, 7) is 3.98. The van der Waals surface area contributed by atoms with Gasteiger partial charge in [0.25, 0.3) is 0 Å². The van der Waals surface area contributed by atoms with Crippen LogP contribution in [0.1, 0.15) is 24.0 Å². The third-order valence-electron chi connectivity index (χ3n) is 3.06. The third-order valence-corrected chi connectivity index (χ3v) is 4.28. The first-order valence-corrected chi connectivity index (χ1v) is 6.97. The molecule has 1 aromatic carbocycles. The van der Waals surface area contributed by atoms with Gasteiger partial charge in [-0.2, -0.15) is 11.8 Å². The Kier molecular flexibility index (Phi) is 3.64. The van der Waals surface area contributed by atoms with Gasteiger partial charge in [0.05, 0.1) is 0 Å². The normalized spacial score (nSPS) is 20.8. The summed E-state index contributed by atoms with van der Waals surface area (Å²) in [7, 11) is 0. The molecule has 0 aromatic heterocycles. The zero-order chi connectivity index (χ0) is 11.5. The van der Waals surface area contributed by atoms with Crippen molar-refractivity contribution in [2.45, 2.75) is 32.7 Å². The topological polar surface area (TPSA) is 32.3 Å². The van der Waals surface area contributed by atoms with E-state index in [2.05, 4.69) is 5.32 Å². The maximum Gasteiger partial charge on any atom is 0.118 e. The Hall–Kier alpha value is -0.830. The van der Waals surface area contributed by atoms with E-state index < -0.39 is 0 Å². The SMILES string of the molecule is Cc1cc(NC2CCCSC2)c(C)cc1O. The number of hydrogen-bond donors (Lipinski definition) is 2. The molecular formula is C13H19NOS. The minimum absolute atomic E-state index is 0.390. The zero-order valence-electron chi connectivity index (χ0n) is 9.92. The van der Waals surface area contributed by atoms with Crippen LogP contribution in [0.4, 0.5) is 5.69 Å². The van der Waals surface area contributed by atoms with Gasteiger partial charge >= 0.3 is 0 Å². The molecule has 1 unspecified atom stereocenters. The molecule has 2 N–H and O–H groups in total. The average molecular weight is 237 g/mol. The van der Waals surface area contributed by atoms with E-state index in [-0.39, 0.29) is 0 Å². The molecule has 0 aliphatic carbocycles. The van der Waals surface area contributed by atoms with Crippen LogP contribution >= 0.6 is 11.8 Å². The highest BCUT2D eigenvalue weighted by Crippen LogP contribution is 2.27. The molecule has 88 valence electrons. The van der Waals surface area contributed by atoms with E-state index in [0.29, 0.717) is 11.8 Å². The summed E-state index contributed by atoms with van der Waals surface area (Å²) in [5.41, 5.74) is 3.23. The molecule has 16 heavy (non-hydrogen) atoms. The molecule has 1 heterocycles. The number of phenols is 1. The van der Waals surface area contributed by atoms with E-state index in [1.54, 1.807) is 0 Å². The number of aromatic hydroxyl groups is 1. The van der Waals surface area contributed by atoms with Crippen molar-refractivity contribution in [3.63, 3.8) is 0 Å². The van der Waals surface area contributed by atoms with Crippen LogP contribution in [-0.4, -0.2) is 22.7 Å². The number of benzene rings is 1. The summed E-state index contributed by atoms with van der Waals surface area (Å²) in [6, 6.07) is 4.47. The molecule has 2 rings (SSSR count). The Morgan fingerprint density at radius 1 is 1.31 bits per heavy atom. The Balaban J connectivity index is 2.11. The lowest BCUT2D eigenvalue weighted by Crippen LogP contribution is -2.26. The molecule has 0 saturated carbocycles. The van der Waals surface area contributed by atoms with Crippen LogP contribution < -0.4 is 5.32 Å². The fraction of sp³-hybridized carbons (Fsp3) is 0.538. The smallest absolute Gasteiger partial charge is 0.118 e. The lowest BCUT2D eigenvalue weighted by molar-refractivity contribution is 0.470. The van der Waals surface area contributed by atoms with Crippen LogP contribution in [0.15, 0.2) is 12.1 Å². The number of nitrogens with one attached hydrogen (secondary N) is 1. The van der Waals surface area contributed by atoms with Crippen LogP contribution in [0, 0.1) is 13.8 Å². The summed E-state index contributed by atoms with van der Waals surface area (Å²) < 4.78 is 0. The molecule has 2 nitrogen and oxygen atoms in total. The zero-order valence-corrected chi connectivity index (χ0v) is 10.7. The van der Waals surface area contributed by atoms with Crippen LogP contribution in [0.2, 0.25) is 0 Å². The monoisotopic (exact) mass is 237 g/mol. The molecule has 0 radical (unpaired) electrons. The fourth-order valence-electron chi connectivity index (χ4n) is 2.03. The van der Waals surface area contributed by atoms with E-state index in [9.17, 15) is 5.11 Å². The van der Waals surface area contributed by atoms with Crippen molar-refractivity contribution in [2.24, 2.45) is 0 Å². The van der Waals surface area contributed by atoms with Gasteiger partial charge in [-0.3, -0.25) is 0 Å². The van der Waals surface area contributed by atoms with E-state index in [4.69, 9.17) is 0 Å². The molecule has 1 aliphatic heterocycles. The Morgan fingerprint density at radius 3 is 2.81 bits per heavy atom. The summed E-state index contributed by atoms with van der Waals surface area (Å²) in [5.74, 6) is 2.88. The van der Waals surface area contributed by atoms with Crippen molar-refractivity contribution in [1.29, 1.82) is 0 Å². The maximum absolute atomic E-state index is 9.60. The van der Waals surface area contributed by atoms with Crippen molar-refractivity contribution in [3.8, 4) is 5.75 Å². The Labute approximate surface area is 101 Å². The van der Waals surface area contributed by atoms with Gasteiger partial charge in [0.1, 0.15) is 5.75 Å². The van der Waals surface area contributed by atoms with Crippen LogP contribution in [0.25, 0.3) is 0 Å². The summed E-state index contributed by atoms with van der Waals surface area (Å²) in [6.07, 6.45) is 2.56. The van der Waals surface area contributed by atoms with Gasteiger partial charge in [0.2, 0.25) is 0 Å². The third kappa shape index (κ3) is 2.64. The number of hydrogen-bond acceptors (Lipinski definition) is 3. The van der Waals surface area contributed by atoms with E-state index in [1.807, 2.05) is 37.7 Å². The van der Waals surface area contributed by atoms with E-state index in [0.717, 1.165) is 11.1 Å². The fourth-order valence-corrected chi connectivity index (χ4v) is 3.10. The Bertz CT molecular complexity index is 372. The quantitative estimate of drug-likeness (QED) is 0.774. The highest BCUT2D eigenvalue weighted by atomic mass is 32.2. The summed E-state index contributed by atoms with van der Waals surface area (Å²) in [4.78, 5) is 0. The highest BCUT2D eigenvalue weighted by molar-refractivity contribution is 7.99. The summed E-state index contributed by atoms with van der Waals surface area (Å²) in [5, 5.41) is 13.2. The number of thioether (sulfide) groups is 1. The highest BCUT2D eigenvalue weighted by Gasteiger charge is 2.14. The Morgan fingerprint density at radius 2 is 2.12 bits per heavy atom. The van der Waals surface area contributed by atoms with Gasteiger partial charge in [-0.05, 0) is 55.7 Å². The van der Waals surface area contributed by atoms with Crippen molar-refractivity contribution in [3.05, 3.63) is 23.3 Å². The first kappa shape index (κ1) is 11.6. The standard InChI is InChI=1S/C13H19NOS/c1-9-7-13(15)10(2)6-12(9)14-11-4-3-5-16-8-11/h6-7,11,14-15H,3-5,8H2,1-2H3. The first-order chi connectivity index (χ1) is 7.66. The van der Waals surface area contributed by atoms with Crippen LogP contribution in [-0.2, 0) is 0 Å². The van der Waals surface area contributed by atoms with Crippen molar-refractivity contribution < 1.29 is 5.11 Å². The second-order valence-corrected chi connectivity index (χ2v) is 5.66. The van der Waals surface area contributed by atoms with Gasteiger partial charge in [-0.25, -0.2) is 0 Å². The average Bonchev–Trinajstić information content (AvgIpc) is 2.27. The molecule has 0 spiro atoms. The lowest BCUT2D eigenvalue weighted by Gasteiger charge is -2.24. The van der Waals surface area contributed by atoms with Crippen molar-refractivity contribution in [2.75, 3.05) is 16.8 Å². The van der Waals surface area contributed by atoms with Crippen molar-refractivity contribution >= 4 is 17.4 Å². The molecule has 1 saturated heterocycles. The summed E-state index contributed by atoms with van der Waals surface area (Å²) >= 11 is 2.02.